The third-order valence-electron chi connectivity index (χ3n) is 6.22. The molecule has 0 radical (unpaired) electrons. The van der Waals surface area contributed by atoms with Gasteiger partial charge in [-0.05, 0) is 31.7 Å². The van der Waals surface area contributed by atoms with E-state index in [2.05, 4.69) is 61.8 Å². The predicted molar refractivity (Wildman–Crippen MR) is 121 cm³/mol. The average molecular weight is 407 g/mol. The van der Waals surface area contributed by atoms with Crippen molar-refractivity contribution in [3.05, 3.63) is 52.5 Å². The number of aryl methyl sites for hydroxylation is 2. The lowest BCUT2D eigenvalue weighted by molar-refractivity contribution is -0.132. The second-order valence-corrected chi connectivity index (χ2v) is 9.09. The van der Waals surface area contributed by atoms with Crippen LogP contribution in [0.5, 0.6) is 0 Å². The Hall–Kier alpha value is -2.43. The fraction of sp³-hybridized carbons (Fsp3) is 0.560. The van der Waals surface area contributed by atoms with Gasteiger partial charge in [0.2, 0.25) is 5.91 Å². The van der Waals surface area contributed by atoms with Gasteiger partial charge in [0.25, 0.3) is 0 Å². The number of hydrogen-bond acceptors (Lipinski definition) is 4. The monoisotopic (exact) mass is 406 g/mol. The zero-order valence-corrected chi connectivity index (χ0v) is 18.8. The first-order valence-electron chi connectivity index (χ1n) is 11.4. The third-order valence-corrected chi connectivity index (χ3v) is 6.22. The summed E-state index contributed by atoms with van der Waals surface area (Å²) in [6, 6.07) is 8.71. The predicted octanol–water partition coefficient (Wildman–Crippen LogP) is 4.12. The highest BCUT2D eigenvalue weighted by molar-refractivity contribution is 5.81. The molecule has 160 valence electrons. The van der Waals surface area contributed by atoms with E-state index in [1.165, 1.54) is 16.7 Å². The Labute approximate surface area is 180 Å². The minimum Gasteiger partial charge on any atom is -0.353 e. The van der Waals surface area contributed by atoms with Crippen LogP contribution in [-0.4, -0.2) is 47.0 Å². The smallest absolute Gasteiger partial charge is 0.225 e. The topological polar surface area (TPSA) is 49.3 Å². The molecule has 0 atom stereocenters. The Morgan fingerprint density at radius 2 is 1.87 bits per heavy atom. The molecule has 5 nitrogen and oxygen atoms in total. The molecule has 1 saturated heterocycles. The Bertz CT molecular complexity index is 911. The van der Waals surface area contributed by atoms with Crippen molar-refractivity contribution in [3.63, 3.8) is 0 Å². The van der Waals surface area contributed by atoms with Gasteiger partial charge in [-0.15, -0.1) is 0 Å². The Kier molecular flexibility index (Phi) is 6.07. The van der Waals surface area contributed by atoms with Crippen molar-refractivity contribution in [2.24, 2.45) is 5.92 Å². The number of nitrogens with zero attached hydrogens (tertiary/aromatic N) is 4. The van der Waals surface area contributed by atoms with Crippen LogP contribution >= 0.6 is 0 Å². The molecule has 5 heteroatoms. The second kappa shape index (κ2) is 8.75. The molecule has 1 saturated carbocycles. The molecule has 4 rings (SSSR count). The van der Waals surface area contributed by atoms with Gasteiger partial charge in [-0.3, -0.25) is 4.79 Å². The molecule has 30 heavy (non-hydrogen) atoms. The van der Waals surface area contributed by atoms with E-state index in [-0.39, 0.29) is 0 Å². The largest absolute Gasteiger partial charge is 0.353 e. The van der Waals surface area contributed by atoms with Gasteiger partial charge in [0.1, 0.15) is 11.6 Å². The number of hydrogen-bond donors (Lipinski definition) is 0. The summed E-state index contributed by atoms with van der Waals surface area (Å²) < 4.78 is 0. The number of piperazine rings is 1. The van der Waals surface area contributed by atoms with Crippen molar-refractivity contribution in [3.8, 4) is 0 Å². The standard InChI is InChI=1S/C25H34N4O/c1-5-22-21(16-19-8-6-7-18(4)15-19)24(27-23(26-22)17(2)3)28-11-13-29(14-12-28)25(30)20-9-10-20/h6-8,15,17,20H,5,9-14,16H2,1-4H3. The fourth-order valence-electron chi connectivity index (χ4n) is 4.28. The van der Waals surface area contributed by atoms with E-state index in [1.807, 2.05) is 0 Å². The van der Waals surface area contributed by atoms with Gasteiger partial charge in [0.05, 0.1) is 0 Å². The van der Waals surface area contributed by atoms with Crippen LogP contribution in [0.15, 0.2) is 24.3 Å². The Balaban J connectivity index is 1.64. The summed E-state index contributed by atoms with van der Waals surface area (Å²) in [4.78, 5) is 26.9. The molecule has 1 aromatic carbocycles. The maximum absolute atomic E-state index is 12.5. The zero-order chi connectivity index (χ0) is 21.3. The van der Waals surface area contributed by atoms with Crippen molar-refractivity contribution in [1.82, 2.24) is 14.9 Å². The van der Waals surface area contributed by atoms with Crippen LogP contribution in [0, 0.1) is 12.8 Å². The zero-order valence-electron chi connectivity index (χ0n) is 18.8. The van der Waals surface area contributed by atoms with E-state index in [4.69, 9.17) is 9.97 Å². The van der Waals surface area contributed by atoms with Crippen molar-refractivity contribution in [2.75, 3.05) is 31.1 Å². The number of anilines is 1. The summed E-state index contributed by atoms with van der Waals surface area (Å²) in [5.74, 6) is 2.94. The fourth-order valence-corrected chi connectivity index (χ4v) is 4.28. The summed E-state index contributed by atoms with van der Waals surface area (Å²) in [7, 11) is 0. The number of benzene rings is 1. The van der Waals surface area contributed by atoms with Crippen LogP contribution < -0.4 is 4.90 Å². The maximum atomic E-state index is 12.5. The van der Waals surface area contributed by atoms with Crippen LogP contribution in [0.25, 0.3) is 0 Å². The van der Waals surface area contributed by atoms with E-state index in [0.717, 1.165) is 69.2 Å². The summed E-state index contributed by atoms with van der Waals surface area (Å²) in [6.07, 6.45) is 3.89. The minimum atomic E-state index is 0.291. The highest BCUT2D eigenvalue weighted by Crippen LogP contribution is 2.32. The molecule has 0 spiro atoms. The quantitative estimate of drug-likeness (QED) is 0.724. The molecule has 0 unspecified atom stereocenters. The van der Waals surface area contributed by atoms with Crippen LogP contribution in [0.4, 0.5) is 5.82 Å². The second-order valence-electron chi connectivity index (χ2n) is 9.09. The van der Waals surface area contributed by atoms with Crippen molar-refractivity contribution < 1.29 is 4.79 Å². The summed E-state index contributed by atoms with van der Waals surface area (Å²) in [5.41, 5.74) is 4.98. The summed E-state index contributed by atoms with van der Waals surface area (Å²) in [6.45, 7) is 11.9. The summed E-state index contributed by atoms with van der Waals surface area (Å²) >= 11 is 0. The first-order chi connectivity index (χ1) is 14.5. The highest BCUT2D eigenvalue weighted by atomic mass is 16.2. The lowest BCUT2D eigenvalue weighted by atomic mass is 10.00. The number of carbonyl (C=O) groups is 1. The Morgan fingerprint density at radius 1 is 1.13 bits per heavy atom. The lowest BCUT2D eigenvalue weighted by Gasteiger charge is -2.37. The number of aromatic nitrogens is 2. The molecule has 0 bridgehead atoms. The molecule has 0 N–H and O–H groups in total. The number of amides is 1. The van der Waals surface area contributed by atoms with Gasteiger partial charge in [0, 0.05) is 55.7 Å². The van der Waals surface area contributed by atoms with Crippen LogP contribution in [0.3, 0.4) is 0 Å². The molecule has 2 aromatic rings. The normalized spacial score (nSPS) is 17.0. The van der Waals surface area contributed by atoms with Crippen LogP contribution in [0.1, 0.15) is 67.7 Å². The molecular weight excluding hydrogens is 372 g/mol. The van der Waals surface area contributed by atoms with Gasteiger partial charge < -0.3 is 9.80 Å². The molecule has 1 amide bonds. The van der Waals surface area contributed by atoms with E-state index < -0.39 is 0 Å². The molecule has 2 fully saturated rings. The first kappa shape index (κ1) is 20.8. The number of carbonyl (C=O) groups excluding carboxylic acids is 1. The van der Waals surface area contributed by atoms with Crippen molar-refractivity contribution in [2.45, 2.75) is 59.3 Å². The lowest BCUT2D eigenvalue weighted by Crippen LogP contribution is -2.50. The average Bonchev–Trinajstić information content (AvgIpc) is 3.59. The van der Waals surface area contributed by atoms with Gasteiger partial charge in [-0.25, -0.2) is 9.97 Å². The molecule has 1 aromatic heterocycles. The molecule has 1 aliphatic carbocycles. The van der Waals surface area contributed by atoms with E-state index in [0.29, 0.717) is 17.7 Å². The van der Waals surface area contributed by atoms with Gasteiger partial charge in [-0.2, -0.15) is 0 Å². The maximum Gasteiger partial charge on any atom is 0.225 e. The van der Waals surface area contributed by atoms with E-state index >= 15 is 0 Å². The van der Waals surface area contributed by atoms with Crippen LogP contribution in [0.2, 0.25) is 0 Å². The highest BCUT2D eigenvalue weighted by Gasteiger charge is 2.35. The van der Waals surface area contributed by atoms with Crippen molar-refractivity contribution >= 4 is 11.7 Å². The molecule has 2 heterocycles. The molecule has 1 aliphatic heterocycles. The first-order valence-corrected chi connectivity index (χ1v) is 11.4. The molecule has 2 aliphatic rings. The SMILES string of the molecule is CCc1nc(C(C)C)nc(N2CCN(C(=O)C3CC3)CC2)c1Cc1cccc(C)c1. The van der Waals surface area contributed by atoms with Crippen LogP contribution in [-0.2, 0) is 17.6 Å². The Morgan fingerprint density at radius 3 is 2.47 bits per heavy atom. The van der Waals surface area contributed by atoms with E-state index in [1.54, 1.807) is 0 Å². The summed E-state index contributed by atoms with van der Waals surface area (Å²) in [5, 5.41) is 0. The minimum absolute atomic E-state index is 0.291. The van der Waals surface area contributed by atoms with Gasteiger partial charge in [-0.1, -0.05) is 50.6 Å². The van der Waals surface area contributed by atoms with Crippen molar-refractivity contribution in [1.29, 1.82) is 0 Å². The number of rotatable bonds is 6. The van der Waals surface area contributed by atoms with E-state index in [9.17, 15) is 4.79 Å². The molecular formula is C25H34N4O. The third kappa shape index (κ3) is 4.50. The van der Waals surface area contributed by atoms with Gasteiger partial charge >= 0.3 is 0 Å². The van der Waals surface area contributed by atoms with Gasteiger partial charge in [0.15, 0.2) is 0 Å².